The first-order valence-corrected chi connectivity index (χ1v) is 8.88. The quantitative estimate of drug-likeness (QED) is 0.779. The fraction of sp³-hybridized carbons (Fsp3) is 0.611. The molecule has 0 unspecified atom stereocenters. The molecule has 2 N–H and O–H groups in total. The predicted octanol–water partition coefficient (Wildman–Crippen LogP) is 2.24. The number of rotatable bonds is 5. The van der Waals surface area contributed by atoms with Crippen molar-refractivity contribution in [2.75, 3.05) is 20.2 Å². The summed E-state index contributed by atoms with van der Waals surface area (Å²) in [4.78, 5) is 17.0. The number of pyridine rings is 1. The molecule has 2 aromatic rings. The Bertz CT molecular complexity index is 788. The van der Waals surface area contributed by atoms with E-state index in [1.54, 1.807) is 11.8 Å². The van der Waals surface area contributed by atoms with E-state index in [9.17, 15) is 4.79 Å². The van der Waals surface area contributed by atoms with Gasteiger partial charge in [0.05, 0.1) is 12.5 Å². The molecule has 27 heavy (non-hydrogen) atoms. The minimum Gasteiger partial charge on any atom is -0.479 e. The number of fused-ring (bicyclic) bond motifs is 1. The molecule has 0 aliphatic carbocycles. The Morgan fingerprint density at radius 1 is 1.30 bits per heavy atom. The van der Waals surface area contributed by atoms with Gasteiger partial charge in [0.15, 0.2) is 5.65 Å². The van der Waals surface area contributed by atoms with Crippen molar-refractivity contribution in [1.82, 2.24) is 25.4 Å². The van der Waals surface area contributed by atoms with E-state index in [4.69, 9.17) is 4.74 Å². The normalized spacial score (nSPS) is 14.4. The summed E-state index contributed by atoms with van der Waals surface area (Å²) >= 11 is 0. The monoisotopic (exact) mass is 417 g/mol. The third-order valence-corrected chi connectivity index (χ3v) is 5.02. The average molecular weight is 418 g/mol. The molecule has 3 rings (SSSR count). The summed E-state index contributed by atoms with van der Waals surface area (Å²) in [5.74, 6) is 0.701. The number of carbonyl (C=O) groups excluding carboxylic acids is 1. The number of carbonyl (C=O) groups is 1. The van der Waals surface area contributed by atoms with E-state index in [2.05, 4.69) is 27.6 Å². The second kappa shape index (κ2) is 10.1. The standard InChI is InChI=1S/C18H27N5O2.2ClH/c1-11-14(5-6-15(24)21-13-7-9-19-10-8-13)12(2)20-17-16(11)18(25-4)22-23(17)3;;/h13,19H,5-10H2,1-4H3,(H,21,24);2*1H. The van der Waals surface area contributed by atoms with Crippen molar-refractivity contribution in [3.05, 3.63) is 16.8 Å². The van der Waals surface area contributed by atoms with Crippen molar-refractivity contribution in [2.45, 2.75) is 45.6 Å². The maximum absolute atomic E-state index is 12.3. The summed E-state index contributed by atoms with van der Waals surface area (Å²) in [6, 6.07) is 0.301. The van der Waals surface area contributed by atoms with Crippen LogP contribution in [0.5, 0.6) is 5.88 Å². The van der Waals surface area contributed by atoms with Crippen LogP contribution in [0.1, 0.15) is 36.1 Å². The number of piperidine rings is 1. The van der Waals surface area contributed by atoms with Crippen molar-refractivity contribution in [1.29, 1.82) is 0 Å². The minimum absolute atomic E-state index is 0. The van der Waals surface area contributed by atoms with Gasteiger partial charge in [0.2, 0.25) is 11.8 Å². The summed E-state index contributed by atoms with van der Waals surface area (Å²) in [7, 11) is 3.48. The van der Waals surface area contributed by atoms with E-state index in [0.29, 0.717) is 24.8 Å². The van der Waals surface area contributed by atoms with Crippen LogP contribution in [0.15, 0.2) is 0 Å². The van der Waals surface area contributed by atoms with Crippen LogP contribution in [-0.4, -0.2) is 46.9 Å². The Hall–Kier alpha value is -1.57. The van der Waals surface area contributed by atoms with Gasteiger partial charge >= 0.3 is 0 Å². The second-order valence-electron chi connectivity index (χ2n) is 6.72. The van der Waals surface area contributed by atoms with Crippen LogP contribution in [-0.2, 0) is 18.3 Å². The largest absolute Gasteiger partial charge is 0.479 e. The van der Waals surface area contributed by atoms with E-state index >= 15 is 0 Å². The first-order chi connectivity index (χ1) is 12.0. The molecule has 0 atom stereocenters. The van der Waals surface area contributed by atoms with Crippen molar-refractivity contribution in [3.63, 3.8) is 0 Å². The molecular weight excluding hydrogens is 389 g/mol. The van der Waals surface area contributed by atoms with Crippen molar-refractivity contribution < 1.29 is 9.53 Å². The van der Waals surface area contributed by atoms with Gasteiger partial charge in [-0.25, -0.2) is 9.67 Å². The number of amides is 1. The van der Waals surface area contributed by atoms with Gasteiger partial charge in [-0.1, -0.05) is 0 Å². The molecule has 3 heterocycles. The lowest BCUT2D eigenvalue weighted by Gasteiger charge is -2.23. The van der Waals surface area contributed by atoms with Gasteiger partial charge in [0.25, 0.3) is 0 Å². The fourth-order valence-corrected chi connectivity index (χ4v) is 3.61. The van der Waals surface area contributed by atoms with Crippen molar-refractivity contribution >= 4 is 41.8 Å². The first-order valence-electron chi connectivity index (χ1n) is 8.88. The van der Waals surface area contributed by atoms with Gasteiger partial charge in [-0.15, -0.1) is 29.9 Å². The highest BCUT2D eigenvalue weighted by molar-refractivity contribution is 5.86. The Kier molecular flexibility index (Phi) is 8.78. The average Bonchev–Trinajstić information content (AvgIpc) is 2.91. The van der Waals surface area contributed by atoms with Crippen LogP contribution in [0, 0.1) is 13.8 Å². The minimum atomic E-state index is 0. The fourth-order valence-electron chi connectivity index (χ4n) is 3.61. The van der Waals surface area contributed by atoms with Crippen LogP contribution in [0.25, 0.3) is 11.0 Å². The highest BCUT2D eigenvalue weighted by Crippen LogP contribution is 2.30. The molecule has 1 aliphatic heterocycles. The third kappa shape index (κ3) is 5.03. The van der Waals surface area contributed by atoms with E-state index in [1.807, 2.05) is 14.0 Å². The lowest BCUT2D eigenvalue weighted by molar-refractivity contribution is -0.121. The Labute approximate surface area is 172 Å². The van der Waals surface area contributed by atoms with Gasteiger partial charge in [-0.3, -0.25) is 4.79 Å². The highest BCUT2D eigenvalue weighted by Gasteiger charge is 2.19. The summed E-state index contributed by atoms with van der Waals surface area (Å²) in [5, 5.41) is 11.8. The molecule has 0 aromatic carbocycles. The number of nitrogens with zero attached hydrogens (tertiary/aromatic N) is 3. The summed E-state index contributed by atoms with van der Waals surface area (Å²) < 4.78 is 7.13. The zero-order chi connectivity index (χ0) is 18.0. The van der Waals surface area contributed by atoms with Crippen LogP contribution >= 0.6 is 24.8 Å². The van der Waals surface area contributed by atoms with Gasteiger partial charge in [0.1, 0.15) is 0 Å². The highest BCUT2D eigenvalue weighted by atomic mass is 35.5. The zero-order valence-corrected chi connectivity index (χ0v) is 17.9. The van der Waals surface area contributed by atoms with Crippen LogP contribution in [0.3, 0.4) is 0 Å². The van der Waals surface area contributed by atoms with E-state index in [1.165, 1.54) is 0 Å². The van der Waals surface area contributed by atoms with Gasteiger partial charge in [-0.2, -0.15) is 0 Å². The van der Waals surface area contributed by atoms with Gasteiger partial charge in [0, 0.05) is 25.2 Å². The number of hydrogen-bond acceptors (Lipinski definition) is 5. The number of aromatic nitrogens is 3. The smallest absolute Gasteiger partial charge is 0.242 e. The summed E-state index contributed by atoms with van der Waals surface area (Å²) in [6.45, 7) is 6.00. The Balaban J connectivity index is 0.00000182. The predicted molar refractivity (Wildman–Crippen MR) is 111 cm³/mol. The molecule has 0 bridgehead atoms. The van der Waals surface area contributed by atoms with Crippen molar-refractivity contribution in [2.24, 2.45) is 7.05 Å². The topological polar surface area (TPSA) is 81.1 Å². The first kappa shape index (κ1) is 23.5. The van der Waals surface area contributed by atoms with Gasteiger partial charge in [-0.05, 0) is 57.3 Å². The number of nitrogens with one attached hydrogen (secondary N) is 2. The molecule has 0 saturated carbocycles. The maximum atomic E-state index is 12.3. The number of ether oxygens (including phenoxy) is 1. The third-order valence-electron chi connectivity index (χ3n) is 5.02. The molecule has 0 radical (unpaired) electrons. The van der Waals surface area contributed by atoms with Gasteiger partial charge < -0.3 is 15.4 Å². The SMILES string of the molecule is COc1nn(C)c2nc(C)c(CCC(=O)NC3CCNCC3)c(C)c12.Cl.Cl. The van der Waals surface area contributed by atoms with Crippen LogP contribution < -0.4 is 15.4 Å². The van der Waals surface area contributed by atoms with E-state index in [0.717, 1.165) is 53.8 Å². The summed E-state index contributed by atoms with van der Waals surface area (Å²) in [6.07, 6.45) is 3.16. The molecule has 2 aromatic heterocycles. The molecular formula is C18H29Cl2N5O2. The molecule has 0 spiro atoms. The van der Waals surface area contributed by atoms with E-state index in [-0.39, 0.29) is 30.7 Å². The summed E-state index contributed by atoms with van der Waals surface area (Å²) in [5.41, 5.74) is 3.97. The molecule has 9 heteroatoms. The van der Waals surface area contributed by atoms with Crippen LogP contribution in [0.2, 0.25) is 0 Å². The molecule has 1 amide bonds. The maximum Gasteiger partial charge on any atom is 0.242 e. The number of methoxy groups -OCH3 is 1. The Morgan fingerprint density at radius 3 is 2.59 bits per heavy atom. The Morgan fingerprint density at radius 2 is 1.96 bits per heavy atom. The molecule has 152 valence electrons. The number of aryl methyl sites for hydroxylation is 3. The lowest BCUT2D eigenvalue weighted by Crippen LogP contribution is -2.42. The molecule has 1 aliphatic rings. The number of halogens is 2. The number of hydrogen-bond donors (Lipinski definition) is 2. The van der Waals surface area contributed by atoms with Crippen LogP contribution in [0.4, 0.5) is 0 Å². The molecule has 7 nitrogen and oxygen atoms in total. The zero-order valence-electron chi connectivity index (χ0n) is 16.3. The second-order valence-corrected chi connectivity index (χ2v) is 6.72. The lowest BCUT2D eigenvalue weighted by atomic mass is 9.99. The van der Waals surface area contributed by atoms with E-state index < -0.39 is 0 Å². The molecule has 1 saturated heterocycles. The van der Waals surface area contributed by atoms with Crippen molar-refractivity contribution in [3.8, 4) is 5.88 Å². The molecule has 1 fully saturated rings.